The summed E-state index contributed by atoms with van der Waals surface area (Å²) in [6.45, 7) is 4.36. The topological polar surface area (TPSA) is 80.5 Å². The first-order valence-corrected chi connectivity index (χ1v) is 6.75. The maximum atomic E-state index is 11.4. The summed E-state index contributed by atoms with van der Waals surface area (Å²) in [6, 6.07) is 7.61. The van der Waals surface area contributed by atoms with E-state index >= 15 is 0 Å². The number of benzene rings is 1. The first-order chi connectivity index (χ1) is 10.1. The predicted molar refractivity (Wildman–Crippen MR) is 76.1 cm³/mol. The number of anilines is 1. The van der Waals surface area contributed by atoms with Crippen LogP contribution in [0.4, 0.5) is 5.82 Å². The van der Waals surface area contributed by atoms with Crippen molar-refractivity contribution in [3.05, 3.63) is 35.5 Å². The molecule has 1 fully saturated rings. The van der Waals surface area contributed by atoms with Crippen molar-refractivity contribution in [1.29, 1.82) is 0 Å². The Bertz CT molecular complexity index is 645. The van der Waals surface area contributed by atoms with E-state index in [-0.39, 0.29) is 5.69 Å². The number of carboxylic acid groups (broad SMARTS) is 1. The number of rotatable bonds is 3. The molecule has 2 heterocycles. The molecule has 0 unspecified atom stereocenters. The molecule has 1 N–H and O–H groups in total. The van der Waals surface area contributed by atoms with Crippen LogP contribution < -0.4 is 4.90 Å². The second-order valence-electron chi connectivity index (χ2n) is 4.90. The molecule has 1 aliphatic heterocycles. The van der Waals surface area contributed by atoms with Crippen molar-refractivity contribution >= 4 is 11.8 Å². The Morgan fingerprint density at radius 1 is 1.19 bits per heavy atom. The summed E-state index contributed by atoms with van der Waals surface area (Å²) < 4.78 is 5.28. The number of hydrogen-bond donors (Lipinski definition) is 1. The molecule has 110 valence electrons. The summed E-state index contributed by atoms with van der Waals surface area (Å²) in [5.41, 5.74) is 1.83. The Morgan fingerprint density at radius 3 is 2.48 bits per heavy atom. The highest BCUT2D eigenvalue weighted by Gasteiger charge is 2.24. The lowest BCUT2D eigenvalue weighted by molar-refractivity contribution is 0.0689. The number of nitrogens with zero attached hydrogens (tertiary/aromatic N) is 4. The highest BCUT2D eigenvalue weighted by atomic mass is 16.5. The molecule has 0 radical (unpaired) electrons. The lowest BCUT2D eigenvalue weighted by atomic mass is 10.2. The standard InChI is InChI=1S/C14H16N4O3/c1-10-2-4-11(5-3-10)18-15-12(14(19)20)13(16-18)17-6-8-21-9-7-17/h2-5H,6-9H2,1H3,(H,19,20). The normalized spacial score (nSPS) is 15.2. The fraction of sp³-hybridized carbons (Fsp3) is 0.357. The minimum absolute atomic E-state index is 0.0301. The fourth-order valence-electron chi connectivity index (χ4n) is 2.22. The van der Waals surface area contributed by atoms with E-state index in [1.807, 2.05) is 36.1 Å². The third-order valence-corrected chi connectivity index (χ3v) is 3.37. The van der Waals surface area contributed by atoms with Crippen LogP contribution in [0, 0.1) is 6.92 Å². The molecule has 21 heavy (non-hydrogen) atoms. The Hall–Kier alpha value is -2.41. The molecular formula is C14H16N4O3. The number of aromatic nitrogens is 3. The zero-order chi connectivity index (χ0) is 14.8. The first-order valence-electron chi connectivity index (χ1n) is 6.75. The molecule has 1 saturated heterocycles. The van der Waals surface area contributed by atoms with Gasteiger partial charge in [0.05, 0.1) is 18.9 Å². The summed E-state index contributed by atoms with van der Waals surface area (Å²) in [5, 5.41) is 17.8. The molecule has 0 aliphatic carbocycles. The van der Waals surface area contributed by atoms with Gasteiger partial charge in [0.15, 0.2) is 5.82 Å². The number of aryl methyl sites for hydroxylation is 1. The largest absolute Gasteiger partial charge is 0.476 e. The maximum Gasteiger partial charge on any atom is 0.360 e. The first kappa shape index (κ1) is 13.6. The van der Waals surface area contributed by atoms with Gasteiger partial charge in [-0.25, -0.2) is 4.79 Å². The molecule has 0 saturated carbocycles. The van der Waals surface area contributed by atoms with Crippen LogP contribution >= 0.6 is 0 Å². The number of morpholine rings is 1. The highest BCUT2D eigenvalue weighted by molar-refractivity contribution is 5.91. The number of hydrogen-bond acceptors (Lipinski definition) is 5. The van der Waals surface area contributed by atoms with Gasteiger partial charge >= 0.3 is 5.97 Å². The van der Waals surface area contributed by atoms with Gasteiger partial charge in [-0.2, -0.15) is 0 Å². The molecule has 7 nitrogen and oxygen atoms in total. The Labute approximate surface area is 121 Å². The van der Waals surface area contributed by atoms with E-state index in [4.69, 9.17) is 4.74 Å². The van der Waals surface area contributed by atoms with Crippen LogP contribution in [0.1, 0.15) is 16.1 Å². The smallest absolute Gasteiger partial charge is 0.360 e. The zero-order valence-electron chi connectivity index (χ0n) is 11.7. The van der Waals surface area contributed by atoms with Crippen molar-refractivity contribution < 1.29 is 14.6 Å². The molecule has 7 heteroatoms. The van der Waals surface area contributed by atoms with E-state index in [0.717, 1.165) is 11.3 Å². The van der Waals surface area contributed by atoms with Crippen molar-refractivity contribution in [2.45, 2.75) is 6.92 Å². The van der Waals surface area contributed by atoms with E-state index < -0.39 is 5.97 Å². The van der Waals surface area contributed by atoms with Crippen molar-refractivity contribution in [2.24, 2.45) is 0 Å². The van der Waals surface area contributed by atoms with Gasteiger partial charge < -0.3 is 14.7 Å². The van der Waals surface area contributed by atoms with Gasteiger partial charge in [0.1, 0.15) is 0 Å². The van der Waals surface area contributed by atoms with Crippen molar-refractivity contribution in [2.75, 3.05) is 31.2 Å². The molecule has 1 aromatic heterocycles. The number of carboxylic acids is 1. The van der Waals surface area contributed by atoms with E-state index in [0.29, 0.717) is 32.1 Å². The van der Waals surface area contributed by atoms with Crippen LogP contribution in [0.25, 0.3) is 5.69 Å². The Balaban J connectivity index is 1.99. The van der Waals surface area contributed by atoms with Crippen LogP contribution in [0.2, 0.25) is 0 Å². The fourth-order valence-corrected chi connectivity index (χ4v) is 2.22. The summed E-state index contributed by atoms with van der Waals surface area (Å²) in [5.74, 6) is -0.679. The maximum absolute atomic E-state index is 11.4. The molecule has 0 amide bonds. The van der Waals surface area contributed by atoms with Crippen molar-refractivity contribution in [3.8, 4) is 5.69 Å². The average Bonchev–Trinajstić information content (AvgIpc) is 2.94. The second-order valence-corrected chi connectivity index (χ2v) is 4.90. The van der Waals surface area contributed by atoms with E-state index in [9.17, 15) is 9.90 Å². The van der Waals surface area contributed by atoms with E-state index in [1.54, 1.807) is 0 Å². The molecule has 1 aliphatic rings. The quantitative estimate of drug-likeness (QED) is 0.911. The SMILES string of the molecule is Cc1ccc(-n2nc(C(=O)O)c(N3CCOCC3)n2)cc1. The van der Waals surface area contributed by atoms with Gasteiger partial charge in [-0.1, -0.05) is 17.7 Å². The number of aromatic carboxylic acids is 1. The minimum Gasteiger partial charge on any atom is -0.476 e. The monoisotopic (exact) mass is 288 g/mol. The third kappa shape index (κ3) is 2.73. The van der Waals surface area contributed by atoms with Gasteiger partial charge in [-0.3, -0.25) is 0 Å². The lowest BCUT2D eigenvalue weighted by Gasteiger charge is -2.26. The lowest BCUT2D eigenvalue weighted by Crippen LogP contribution is -2.37. The summed E-state index contributed by atoms with van der Waals surface area (Å²) in [4.78, 5) is 14.7. The molecule has 0 spiro atoms. The van der Waals surface area contributed by atoms with E-state index in [1.165, 1.54) is 4.80 Å². The van der Waals surface area contributed by atoms with Gasteiger partial charge in [0.2, 0.25) is 5.69 Å². The van der Waals surface area contributed by atoms with Crippen LogP contribution in [-0.4, -0.2) is 52.4 Å². The van der Waals surface area contributed by atoms with Gasteiger partial charge in [-0.15, -0.1) is 15.0 Å². The number of ether oxygens (including phenoxy) is 1. The van der Waals surface area contributed by atoms with Gasteiger partial charge in [-0.05, 0) is 19.1 Å². The molecule has 1 aromatic carbocycles. The molecule has 2 aromatic rings. The van der Waals surface area contributed by atoms with Crippen LogP contribution in [-0.2, 0) is 4.74 Å². The van der Waals surface area contributed by atoms with Crippen LogP contribution in [0.5, 0.6) is 0 Å². The molecule has 0 bridgehead atoms. The van der Waals surface area contributed by atoms with E-state index in [2.05, 4.69) is 10.2 Å². The minimum atomic E-state index is -1.07. The van der Waals surface area contributed by atoms with Crippen LogP contribution in [0.3, 0.4) is 0 Å². The Kier molecular flexibility index (Phi) is 3.57. The predicted octanol–water partition coefficient (Wildman–Crippen LogP) is 1.11. The number of carbonyl (C=O) groups is 1. The highest BCUT2D eigenvalue weighted by Crippen LogP contribution is 2.19. The molecular weight excluding hydrogens is 272 g/mol. The summed E-state index contributed by atoms with van der Waals surface area (Å²) in [6.07, 6.45) is 0. The Morgan fingerprint density at radius 2 is 1.86 bits per heavy atom. The zero-order valence-corrected chi connectivity index (χ0v) is 11.7. The van der Waals surface area contributed by atoms with Gasteiger partial charge in [0.25, 0.3) is 0 Å². The van der Waals surface area contributed by atoms with Crippen LogP contribution in [0.15, 0.2) is 24.3 Å². The second kappa shape index (κ2) is 5.53. The molecule has 0 atom stereocenters. The molecule has 3 rings (SSSR count). The van der Waals surface area contributed by atoms with Crippen molar-refractivity contribution in [3.63, 3.8) is 0 Å². The van der Waals surface area contributed by atoms with Gasteiger partial charge in [0, 0.05) is 13.1 Å². The third-order valence-electron chi connectivity index (χ3n) is 3.37. The summed E-state index contributed by atoms with van der Waals surface area (Å²) in [7, 11) is 0. The van der Waals surface area contributed by atoms with Crippen molar-refractivity contribution in [1.82, 2.24) is 15.0 Å². The average molecular weight is 288 g/mol. The summed E-state index contributed by atoms with van der Waals surface area (Å²) >= 11 is 0.